The van der Waals surface area contributed by atoms with Crippen molar-refractivity contribution < 1.29 is 40.0 Å². The van der Waals surface area contributed by atoms with Gasteiger partial charge in [-0.3, -0.25) is 19.3 Å². The molecule has 6 N–H and O–H groups in total. The molecule has 0 aliphatic carbocycles. The van der Waals surface area contributed by atoms with Crippen molar-refractivity contribution in [3.63, 3.8) is 0 Å². The maximum absolute atomic E-state index is 12.4. The zero-order valence-corrected chi connectivity index (χ0v) is 16.4. The van der Waals surface area contributed by atoms with Crippen molar-refractivity contribution in [1.29, 1.82) is 0 Å². The second kappa shape index (κ2) is 9.68. The lowest BCUT2D eigenvalue weighted by Crippen LogP contribution is -2.70. The average Bonchev–Trinajstić information content (AvgIpc) is 3.09. The number of fused-ring (bicyclic) bond motifs is 1. The molecule has 2 aliphatic heterocycles. The number of nitrogens with one attached hydrogen (secondary N) is 1. The molecule has 10 nitrogen and oxygen atoms in total. The van der Waals surface area contributed by atoms with Crippen LogP contribution in [0.3, 0.4) is 0 Å². The van der Waals surface area contributed by atoms with Gasteiger partial charge in [0.25, 0.3) is 5.91 Å². The number of esters is 1. The van der Waals surface area contributed by atoms with Gasteiger partial charge in [-0.2, -0.15) is 0 Å². The SMILES string of the molecule is CC(=O)OCC1=C(C(=O)O)N2C(=O)[C@H](NC(=O)Cc3cccs3)[C@H]2SC1.O.O. The number of carbonyl (C=O) groups excluding carboxylic acids is 3. The summed E-state index contributed by atoms with van der Waals surface area (Å²) in [5.74, 6) is -2.23. The molecule has 2 atom stereocenters. The van der Waals surface area contributed by atoms with Crippen molar-refractivity contribution in [2.24, 2.45) is 0 Å². The van der Waals surface area contributed by atoms with Crippen LogP contribution in [0.15, 0.2) is 28.8 Å². The molecule has 1 aromatic rings. The summed E-state index contributed by atoms with van der Waals surface area (Å²) in [6.07, 6.45) is 0.179. The lowest BCUT2D eigenvalue weighted by Gasteiger charge is -2.49. The number of amides is 2. The molecule has 3 rings (SSSR count). The Morgan fingerprint density at radius 1 is 1.36 bits per heavy atom. The van der Waals surface area contributed by atoms with Crippen LogP contribution in [0.25, 0.3) is 0 Å². The third kappa shape index (κ3) is 4.70. The molecule has 1 saturated heterocycles. The number of rotatable bonds is 6. The Hall–Kier alpha value is -2.41. The third-order valence-electron chi connectivity index (χ3n) is 3.93. The van der Waals surface area contributed by atoms with Gasteiger partial charge in [-0.05, 0) is 11.4 Å². The van der Waals surface area contributed by atoms with E-state index >= 15 is 0 Å². The minimum atomic E-state index is -1.26. The molecule has 0 saturated carbocycles. The highest BCUT2D eigenvalue weighted by Crippen LogP contribution is 2.40. The fraction of sp³-hybridized carbons (Fsp3) is 0.375. The van der Waals surface area contributed by atoms with Gasteiger partial charge < -0.3 is 26.1 Å². The predicted molar refractivity (Wildman–Crippen MR) is 102 cm³/mol. The van der Waals surface area contributed by atoms with Gasteiger partial charge in [0.1, 0.15) is 23.7 Å². The summed E-state index contributed by atoms with van der Waals surface area (Å²) >= 11 is 2.79. The number of β-lactam (4-membered cyclic amide) rings is 1. The first-order valence-electron chi connectivity index (χ1n) is 7.73. The van der Waals surface area contributed by atoms with E-state index in [0.29, 0.717) is 11.3 Å². The molecule has 0 radical (unpaired) electrons. The summed E-state index contributed by atoms with van der Waals surface area (Å²) in [5.41, 5.74) is 0.203. The molecular formula is C16H20N2O8S2. The largest absolute Gasteiger partial charge is 0.477 e. The second-order valence-electron chi connectivity index (χ2n) is 5.75. The minimum absolute atomic E-state index is 0. The first-order chi connectivity index (χ1) is 12.4. The van der Waals surface area contributed by atoms with E-state index in [0.717, 1.165) is 9.78 Å². The summed E-state index contributed by atoms with van der Waals surface area (Å²) in [6.45, 7) is 1.06. The van der Waals surface area contributed by atoms with Crippen LogP contribution in [0.4, 0.5) is 0 Å². The van der Waals surface area contributed by atoms with Crippen molar-refractivity contribution >= 4 is 46.9 Å². The first kappa shape index (κ1) is 23.6. The smallest absolute Gasteiger partial charge is 0.352 e. The van der Waals surface area contributed by atoms with Gasteiger partial charge in [-0.1, -0.05) is 6.07 Å². The zero-order valence-electron chi connectivity index (χ0n) is 14.8. The Balaban J connectivity index is 0.00000196. The van der Waals surface area contributed by atoms with Gasteiger partial charge in [0.15, 0.2) is 0 Å². The van der Waals surface area contributed by atoms with E-state index in [9.17, 15) is 24.3 Å². The van der Waals surface area contributed by atoms with E-state index < -0.39 is 29.3 Å². The zero-order chi connectivity index (χ0) is 18.8. The van der Waals surface area contributed by atoms with E-state index in [-0.39, 0.29) is 35.6 Å². The monoisotopic (exact) mass is 432 g/mol. The average molecular weight is 432 g/mol. The number of hydrogen-bond acceptors (Lipinski definition) is 7. The highest BCUT2D eigenvalue weighted by atomic mass is 32.2. The van der Waals surface area contributed by atoms with E-state index in [1.165, 1.54) is 30.0 Å². The number of thiophene rings is 1. The first-order valence-corrected chi connectivity index (χ1v) is 9.66. The molecule has 0 spiro atoms. The van der Waals surface area contributed by atoms with Crippen LogP contribution in [-0.2, 0) is 30.3 Å². The van der Waals surface area contributed by atoms with Crippen molar-refractivity contribution in [2.75, 3.05) is 12.4 Å². The summed E-state index contributed by atoms with van der Waals surface area (Å²) in [7, 11) is 0. The van der Waals surface area contributed by atoms with Gasteiger partial charge >= 0.3 is 11.9 Å². The van der Waals surface area contributed by atoms with Gasteiger partial charge in [0.2, 0.25) is 5.91 Å². The van der Waals surface area contributed by atoms with E-state index in [1.807, 2.05) is 17.5 Å². The van der Waals surface area contributed by atoms with Crippen LogP contribution < -0.4 is 5.32 Å². The van der Waals surface area contributed by atoms with Gasteiger partial charge in [0.05, 0.1) is 6.42 Å². The minimum Gasteiger partial charge on any atom is -0.477 e. The topological polar surface area (TPSA) is 176 Å². The Bertz CT molecular complexity index is 793. The summed E-state index contributed by atoms with van der Waals surface area (Å²) < 4.78 is 4.87. The number of ether oxygens (including phenoxy) is 1. The maximum atomic E-state index is 12.4. The number of carbonyl (C=O) groups is 4. The van der Waals surface area contributed by atoms with Crippen LogP contribution in [0, 0.1) is 0 Å². The van der Waals surface area contributed by atoms with Gasteiger partial charge in [0, 0.05) is 23.1 Å². The molecule has 12 heteroatoms. The van der Waals surface area contributed by atoms with Crippen molar-refractivity contribution in [1.82, 2.24) is 10.2 Å². The number of aliphatic carboxylic acids is 1. The Morgan fingerprint density at radius 2 is 2.07 bits per heavy atom. The highest BCUT2D eigenvalue weighted by Gasteiger charge is 2.54. The molecule has 154 valence electrons. The molecule has 2 amide bonds. The number of nitrogens with zero attached hydrogens (tertiary/aromatic N) is 1. The number of carboxylic acid groups (broad SMARTS) is 1. The van der Waals surface area contributed by atoms with Gasteiger partial charge in [-0.15, -0.1) is 23.1 Å². The second-order valence-corrected chi connectivity index (χ2v) is 7.89. The number of carboxylic acids is 1. The molecule has 28 heavy (non-hydrogen) atoms. The number of hydrogen-bond donors (Lipinski definition) is 2. The fourth-order valence-corrected chi connectivity index (χ4v) is 4.81. The van der Waals surface area contributed by atoms with Crippen LogP contribution in [0.5, 0.6) is 0 Å². The fourth-order valence-electron chi connectivity index (χ4n) is 2.78. The Morgan fingerprint density at radius 3 is 2.64 bits per heavy atom. The molecule has 3 heterocycles. The number of thioether (sulfide) groups is 1. The Labute approximate surface area is 168 Å². The van der Waals surface area contributed by atoms with Crippen molar-refractivity contribution in [3.8, 4) is 0 Å². The molecular weight excluding hydrogens is 412 g/mol. The standard InChI is InChI=1S/C16H16N2O6S2.2H2O/c1-8(19)24-6-9-7-26-15-12(14(21)18(15)13(9)16(22)23)17-11(20)5-10-3-2-4-25-10;;/h2-4,12,15H,5-7H2,1H3,(H,17,20)(H,22,23);2*1H2/t12-,15+;;/m0../s1. The lowest BCUT2D eigenvalue weighted by molar-refractivity contribution is -0.151. The van der Waals surface area contributed by atoms with Crippen LogP contribution >= 0.6 is 23.1 Å². The van der Waals surface area contributed by atoms with Crippen molar-refractivity contribution in [3.05, 3.63) is 33.7 Å². The maximum Gasteiger partial charge on any atom is 0.352 e. The summed E-state index contributed by atoms with van der Waals surface area (Å²) in [6, 6.07) is 2.92. The summed E-state index contributed by atoms with van der Waals surface area (Å²) in [5, 5.41) is 13.5. The Kier molecular flexibility index (Phi) is 8.17. The van der Waals surface area contributed by atoms with Crippen LogP contribution in [0.1, 0.15) is 11.8 Å². The molecule has 1 aromatic heterocycles. The molecule has 1 fully saturated rings. The lowest BCUT2D eigenvalue weighted by atomic mass is 10.0. The molecule has 0 bridgehead atoms. The quantitative estimate of drug-likeness (QED) is 0.425. The molecule has 2 aliphatic rings. The van der Waals surface area contributed by atoms with E-state index in [2.05, 4.69) is 5.32 Å². The van der Waals surface area contributed by atoms with Crippen LogP contribution in [-0.4, -0.2) is 68.5 Å². The predicted octanol–water partition coefficient (Wildman–Crippen LogP) is -1.06. The van der Waals surface area contributed by atoms with E-state index in [4.69, 9.17) is 4.74 Å². The third-order valence-corrected chi connectivity index (χ3v) is 6.15. The van der Waals surface area contributed by atoms with E-state index in [1.54, 1.807) is 0 Å². The summed E-state index contributed by atoms with van der Waals surface area (Å²) in [4.78, 5) is 49.2. The van der Waals surface area contributed by atoms with Crippen LogP contribution in [0.2, 0.25) is 0 Å². The molecule has 0 aromatic carbocycles. The highest BCUT2D eigenvalue weighted by molar-refractivity contribution is 8.00. The van der Waals surface area contributed by atoms with Crippen molar-refractivity contribution in [2.45, 2.75) is 24.8 Å². The normalized spacial score (nSPS) is 20.2. The van der Waals surface area contributed by atoms with Gasteiger partial charge in [-0.25, -0.2) is 4.79 Å². The molecule has 0 unspecified atom stereocenters.